The molecule has 1 aromatic heterocycles. The van der Waals surface area contributed by atoms with Crippen LogP contribution < -0.4 is 0 Å². The normalized spacial score (nSPS) is 22.6. The summed E-state index contributed by atoms with van der Waals surface area (Å²) < 4.78 is 5.30. The van der Waals surface area contributed by atoms with Crippen LogP contribution in [0.2, 0.25) is 0 Å². The monoisotopic (exact) mass is 313 g/mol. The summed E-state index contributed by atoms with van der Waals surface area (Å²) in [5, 5.41) is 13.8. The summed E-state index contributed by atoms with van der Waals surface area (Å²) in [6, 6.07) is 0. The van der Waals surface area contributed by atoms with E-state index in [-0.39, 0.29) is 11.3 Å². The lowest BCUT2D eigenvalue weighted by molar-refractivity contribution is -0.149. The van der Waals surface area contributed by atoms with Crippen molar-refractivity contribution in [3.63, 3.8) is 0 Å². The molecule has 106 valence electrons. The van der Waals surface area contributed by atoms with Crippen molar-refractivity contribution in [1.82, 2.24) is 25.5 Å². The van der Waals surface area contributed by atoms with Crippen molar-refractivity contribution in [2.75, 3.05) is 5.75 Å². The van der Waals surface area contributed by atoms with Gasteiger partial charge in [-0.25, -0.2) is 4.79 Å². The van der Waals surface area contributed by atoms with Gasteiger partial charge in [0, 0.05) is 5.75 Å². The van der Waals surface area contributed by atoms with Gasteiger partial charge in [0.2, 0.25) is 11.1 Å². The number of aromatic nitrogens is 4. The third-order valence-corrected chi connectivity index (χ3v) is 4.74. The van der Waals surface area contributed by atoms with Gasteiger partial charge in [-0.15, -0.1) is 22.0 Å². The zero-order chi connectivity index (χ0) is 14.1. The van der Waals surface area contributed by atoms with E-state index >= 15 is 0 Å². The molecule has 3 rings (SSSR count). The third-order valence-electron chi connectivity index (χ3n) is 2.81. The molecule has 1 unspecified atom stereocenters. The zero-order valence-corrected chi connectivity index (χ0v) is 12.1. The van der Waals surface area contributed by atoms with Gasteiger partial charge in [-0.3, -0.25) is 9.69 Å². The molecule has 10 heteroatoms. The van der Waals surface area contributed by atoms with Crippen molar-refractivity contribution in [1.29, 1.82) is 0 Å². The van der Waals surface area contributed by atoms with E-state index in [0.29, 0.717) is 23.0 Å². The number of esters is 1. The maximum atomic E-state index is 12.1. The predicted octanol–water partition coefficient (Wildman–Crippen LogP) is 0.370. The maximum Gasteiger partial charge on any atom is 0.355 e. The van der Waals surface area contributed by atoms with Crippen LogP contribution in [0.3, 0.4) is 0 Å². The number of nitrogens with zero attached hydrogens (tertiary/aromatic N) is 4. The molecule has 1 saturated heterocycles. The molecule has 3 heterocycles. The summed E-state index contributed by atoms with van der Waals surface area (Å²) in [6.45, 7) is 1.71. The smallest absolute Gasteiger partial charge is 0.355 e. The fourth-order valence-corrected chi connectivity index (χ4v) is 3.65. The Morgan fingerprint density at radius 2 is 2.55 bits per heavy atom. The first kappa shape index (κ1) is 13.4. The molecular weight excluding hydrogens is 302 g/mol. The van der Waals surface area contributed by atoms with E-state index in [1.54, 1.807) is 24.8 Å². The Morgan fingerprint density at radius 1 is 1.70 bits per heavy atom. The van der Waals surface area contributed by atoms with Gasteiger partial charge in [0.15, 0.2) is 5.44 Å². The van der Waals surface area contributed by atoms with Crippen molar-refractivity contribution >= 4 is 35.4 Å². The van der Waals surface area contributed by atoms with Gasteiger partial charge in [-0.1, -0.05) is 0 Å². The van der Waals surface area contributed by atoms with Gasteiger partial charge < -0.3 is 4.74 Å². The molecule has 20 heavy (non-hydrogen) atoms. The predicted molar refractivity (Wildman–Crippen MR) is 71.4 cm³/mol. The first-order chi connectivity index (χ1) is 9.65. The lowest BCUT2D eigenvalue weighted by Gasteiger charge is -2.42. The number of carbonyl (C=O) groups excluding carboxylic acids is 2. The molecule has 1 fully saturated rings. The lowest BCUT2D eigenvalue weighted by Crippen LogP contribution is -2.53. The topological polar surface area (TPSA) is 101 Å². The van der Waals surface area contributed by atoms with Crippen LogP contribution in [0.15, 0.2) is 16.9 Å². The zero-order valence-electron chi connectivity index (χ0n) is 10.5. The Bertz CT molecular complexity index is 561. The van der Waals surface area contributed by atoms with Gasteiger partial charge in [0.1, 0.15) is 5.70 Å². The van der Waals surface area contributed by atoms with Crippen LogP contribution >= 0.6 is 23.5 Å². The number of H-pyrrole nitrogens is 1. The van der Waals surface area contributed by atoms with Crippen LogP contribution in [0.5, 0.6) is 0 Å². The Balaban J connectivity index is 1.61. The minimum atomic E-state index is -0.494. The first-order valence-electron chi connectivity index (χ1n) is 5.90. The summed E-state index contributed by atoms with van der Waals surface area (Å²) in [7, 11) is 0. The molecule has 2 aliphatic rings. The minimum absolute atomic E-state index is 0.0381. The first-order valence-corrected chi connectivity index (χ1v) is 7.83. The number of ether oxygens (including phenoxy) is 1. The second-order valence-electron chi connectivity index (χ2n) is 4.13. The summed E-state index contributed by atoms with van der Waals surface area (Å²) in [6.07, 6.45) is 2.22. The average Bonchev–Trinajstić information content (AvgIpc) is 2.89. The number of tetrazole rings is 1. The average molecular weight is 313 g/mol. The number of hydrogen-bond donors (Lipinski definition) is 1. The fraction of sp³-hybridized carbons (Fsp3) is 0.500. The molecule has 0 saturated carbocycles. The number of thioether (sulfide) groups is 2. The van der Waals surface area contributed by atoms with E-state index in [0.717, 1.165) is 0 Å². The van der Waals surface area contributed by atoms with Crippen LogP contribution in [-0.4, -0.2) is 54.0 Å². The Kier molecular flexibility index (Phi) is 3.66. The lowest BCUT2D eigenvalue weighted by atomic mass is 10.1. The van der Waals surface area contributed by atoms with E-state index in [1.807, 2.05) is 0 Å². The summed E-state index contributed by atoms with van der Waals surface area (Å²) in [5.41, 5.74) is -0.129. The van der Waals surface area contributed by atoms with Gasteiger partial charge in [-0.05, 0) is 30.0 Å². The van der Waals surface area contributed by atoms with E-state index in [1.165, 1.54) is 16.7 Å². The summed E-state index contributed by atoms with van der Waals surface area (Å²) in [5.74, 6) is 0.182. The molecule has 0 aromatic carbocycles. The highest BCUT2D eigenvalue weighted by Gasteiger charge is 2.43. The molecule has 0 bridgehead atoms. The van der Waals surface area contributed by atoms with Crippen molar-refractivity contribution < 1.29 is 14.3 Å². The van der Waals surface area contributed by atoms with Crippen LogP contribution in [0, 0.1) is 0 Å². The molecule has 1 amide bonds. The Hall–Kier alpha value is -1.55. The molecule has 0 aliphatic carbocycles. The van der Waals surface area contributed by atoms with Crippen molar-refractivity contribution in [2.45, 2.75) is 29.3 Å². The molecule has 8 nitrogen and oxygen atoms in total. The van der Waals surface area contributed by atoms with Crippen LogP contribution in [0.4, 0.5) is 0 Å². The second-order valence-corrected chi connectivity index (χ2v) is 6.61. The SMILES string of the molecule is CC(OC(=O)C1=CCS[C@H]2CC(=O)N12)Sc1nn[nH]n1. The number of hydrogen-bond acceptors (Lipinski definition) is 8. The number of carbonyl (C=O) groups is 2. The molecule has 2 atom stereocenters. The number of fused-ring (bicyclic) bond motifs is 1. The van der Waals surface area contributed by atoms with Gasteiger partial charge in [0.05, 0.1) is 11.8 Å². The van der Waals surface area contributed by atoms with E-state index in [9.17, 15) is 9.59 Å². The molecule has 0 spiro atoms. The fourth-order valence-electron chi connectivity index (χ4n) is 1.91. The Morgan fingerprint density at radius 3 is 3.25 bits per heavy atom. The molecule has 2 aliphatic heterocycles. The van der Waals surface area contributed by atoms with Crippen LogP contribution in [0.25, 0.3) is 0 Å². The number of nitrogens with one attached hydrogen (secondary N) is 1. The summed E-state index contributed by atoms with van der Waals surface area (Å²) in [4.78, 5) is 25.2. The van der Waals surface area contributed by atoms with Crippen molar-refractivity contribution in [2.24, 2.45) is 0 Å². The number of aromatic amines is 1. The quantitative estimate of drug-likeness (QED) is 0.368. The molecule has 1 N–H and O–H groups in total. The maximum absolute atomic E-state index is 12.1. The van der Waals surface area contributed by atoms with Crippen molar-refractivity contribution in [3.8, 4) is 0 Å². The highest BCUT2D eigenvalue weighted by Crippen LogP contribution is 2.37. The second kappa shape index (κ2) is 5.44. The highest BCUT2D eigenvalue weighted by molar-refractivity contribution is 8.00. The molecular formula is C10H11N5O3S2. The third kappa shape index (κ3) is 2.52. The van der Waals surface area contributed by atoms with Crippen LogP contribution in [0.1, 0.15) is 13.3 Å². The van der Waals surface area contributed by atoms with E-state index < -0.39 is 11.4 Å². The van der Waals surface area contributed by atoms with E-state index in [2.05, 4.69) is 20.6 Å². The van der Waals surface area contributed by atoms with Crippen molar-refractivity contribution in [3.05, 3.63) is 11.8 Å². The van der Waals surface area contributed by atoms with Gasteiger partial charge >= 0.3 is 5.97 Å². The summed E-state index contributed by atoms with van der Waals surface area (Å²) >= 11 is 2.81. The highest BCUT2D eigenvalue weighted by atomic mass is 32.2. The number of β-lactam (4-membered cyclic amide) rings is 1. The molecule has 1 aromatic rings. The van der Waals surface area contributed by atoms with Gasteiger partial charge in [0.25, 0.3) is 0 Å². The minimum Gasteiger partial charge on any atom is -0.446 e. The standard InChI is InChI=1S/C10H11N5O3S2/c1-5(20-10-11-13-14-12-10)18-9(17)6-2-3-19-8-4-7(16)15(6)8/h2,5,8H,3-4H2,1H3,(H,11,12,13,14)/t5?,8-/m0/s1. The number of rotatable bonds is 4. The van der Waals surface area contributed by atoms with Gasteiger partial charge in [-0.2, -0.15) is 5.21 Å². The van der Waals surface area contributed by atoms with E-state index in [4.69, 9.17) is 4.74 Å². The van der Waals surface area contributed by atoms with Crippen LogP contribution in [-0.2, 0) is 14.3 Å². The number of amides is 1. The Labute approximate surface area is 122 Å². The largest absolute Gasteiger partial charge is 0.446 e. The molecule has 0 radical (unpaired) electrons.